The topological polar surface area (TPSA) is 106 Å². The standard InChI is InChI=1S/C18H14N6O2S/c1-11-6-5-9-13-14(11)22-18(27-13)23-17-15(24(25)26)16(19-10-20-17)21-12-7-3-2-4-8-12/h2-10H,1H3,(H2,19,20,21,22,23). The Balaban J connectivity index is 1.72. The number of nitrogens with one attached hydrogen (secondary N) is 2. The molecule has 2 N–H and O–H groups in total. The van der Waals surface area contributed by atoms with Gasteiger partial charge in [0.05, 0.1) is 15.1 Å². The first-order chi connectivity index (χ1) is 13.1. The quantitative estimate of drug-likeness (QED) is 0.380. The predicted molar refractivity (Wildman–Crippen MR) is 106 cm³/mol. The summed E-state index contributed by atoms with van der Waals surface area (Å²) in [5.41, 5.74) is 2.36. The maximum atomic E-state index is 11.7. The largest absolute Gasteiger partial charge is 0.353 e. The van der Waals surface area contributed by atoms with Crippen molar-refractivity contribution in [3.63, 3.8) is 0 Å². The number of rotatable bonds is 5. The van der Waals surface area contributed by atoms with E-state index in [0.717, 1.165) is 15.8 Å². The smallest absolute Gasteiger partial charge is 0.334 e. The van der Waals surface area contributed by atoms with Crippen LogP contribution >= 0.6 is 11.3 Å². The van der Waals surface area contributed by atoms with Crippen molar-refractivity contribution in [1.82, 2.24) is 15.0 Å². The highest BCUT2D eigenvalue weighted by Gasteiger charge is 2.24. The lowest BCUT2D eigenvalue weighted by atomic mass is 10.2. The first kappa shape index (κ1) is 16.9. The molecule has 0 atom stereocenters. The van der Waals surface area contributed by atoms with Crippen LogP contribution in [0.3, 0.4) is 0 Å². The summed E-state index contributed by atoms with van der Waals surface area (Å²) in [6, 6.07) is 15.0. The lowest BCUT2D eigenvalue weighted by Crippen LogP contribution is -2.05. The van der Waals surface area contributed by atoms with Gasteiger partial charge in [0.15, 0.2) is 5.13 Å². The molecule has 27 heavy (non-hydrogen) atoms. The molecule has 0 saturated carbocycles. The Kier molecular flexibility index (Phi) is 4.35. The van der Waals surface area contributed by atoms with Crippen LogP contribution in [-0.2, 0) is 0 Å². The van der Waals surface area contributed by atoms with Crippen LogP contribution in [0.25, 0.3) is 10.2 Å². The first-order valence-electron chi connectivity index (χ1n) is 8.06. The Hall–Kier alpha value is -3.59. The molecule has 0 radical (unpaired) electrons. The molecule has 0 aliphatic heterocycles. The second kappa shape index (κ2) is 6.96. The summed E-state index contributed by atoms with van der Waals surface area (Å²) < 4.78 is 0.997. The number of fused-ring (bicyclic) bond motifs is 1. The van der Waals surface area contributed by atoms with E-state index in [1.807, 2.05) is 43.3 Å². The Bertz CT molecular complexity index is 1130. The van der Waals surface area contributed by atoms with Crippen molar-refractivity contribution in [3.8, 4) is 0 Å². The average molecular weight is 378 g/mol. The molecule has 2 aromatic heterocycles. The fraction of sp³-hybridized carbons (Fsp3) is 0.0556. The van der Waals surface area contributed by atoms with E-state index in [1.165, 1.54) is 17.7 Å². The van der Waals surface area contributed by atoms with Crippen LogP contribution in [0.15, 0.2) is 54.9 Å². The second-order valence-electron chi connectivity index (χ2n) is 5.73. The number of hydrogen-bond acceptors (Lipinski definition) is 8. The van der Waals surface area contributed by atoms with E-state index in [2.05, 4.69) is 25.6 Å². The maximum absolute atomic E-state index is 11.7. The van der Waals surface area contributed by atoms with Crippen LogP contribution in [0.2, 0.25) is 0 Å². The molecule has 4 aromatic rings. The van der Waals surface area contributed by atoms with Gasteiger partial charge in [0.2, 0.25) is 11.6 Å². The van der Waals surface area contributed by atoms with Crippen LogP contribution in [0, 0.1) is 17.0 Å². The summed E-state index contributed by atoms with van der Waals surface area (Å²) in [7, 11) is 0. The molecule has 9 heteroatoms. The molecule has 134 valence electrons. The minimum Gasteiger partial charge on any atom is -0.334 e. The SMILES string of the molecule is Cc1cccc2sc(Nc3ncnc(Nc4ccccc4)c3[N+](=O)[O-])nc12. The first-order valence-corrected chi connectivity index (χ1v) is 8.88. The number of anilines is 4. The highest BCUT2D eigenvalue weighted by molar-refractivity contribution is 7.22. The van der Waals surface area contributed by atoms with E-state index in [1.54, 1.807) is 12.1 Å². The molecule has 2 aromatic carbocycles. The van der Waals surface area contributed by atoms with Gasteiger partial charge in [-0.25, -0.2) is 15.0 Å². The van der Waals surface area contributed by atoms with Crippen molar-refractivity contribution < 1.29 is 4.92 Å². The van der Waals surface area contributed by atoms with Gasteiger partial charge in [0.25, 0.3) is 0 Å². The van der Waals surface area contributed by atoms with Crippen LogP contribution < -0.4 is 10.6 Å². The van der Waals surface area contributed by atoms with Gasteiger partial charge in [-0.15, -0.1) is 0 Å². The Morgan fingerprint density at radius 3 is 2.44 bits per heavy atom. The summed E-state index contributed by atoms with van der Waals surface area (Å²) in [6.07, 6.45) is 1.28. The van der Waals surface area contributed by atoms with E-state index in [4.69, 9.17) is 0 Å². The van der Waals surface area contributed by atoms with Gasteiger partial charge < -0.3 is 10.6 Å². The molecule has 0 bridgehead atoms. The summed E-state index contributed by atoms with van der Waals surface area (Å²) in [6.45, 7) is 1.97. The van der Waals surface area contributed by atoms with E-state index in [-0.39, 0.29) is 17.3 Å². The molecular weight excluding hydrogens is 364 g/mol. The van der Waals surface area contributed by atoms with Gasteiger partial charge in [-0.3, -0.25) is 10.1 Å². The molecule has 0 fully saturated rings. The van der Waals surface area contributed by atoms with E-state index in [9.17, 15) is 10.1 Å². The molecule has 0 aliphatic carbocycles. The summed E-state index contributed by atoms with van der Waals surface area (Å²) >= 11 is 1.41. The normalized spacial score (nSPS) is 10.7. The fourth-order valence-corrected chi connectivity index (χ4v) is 3.58. The van der Waals surface area contributed by atoms with Crippen LogP contribution in [0.5, 0.6) is 0 Å². The van der Waals surface area contributed by atoms with Gasteiger partial charge in [-0.1, -0.05) is 41.7 Å². The average Bonchev–Trinajstić information content (AvgIpc) is 3.06. The van der Waals surface area contributed by atoms with Crippen molar-refractivity contribution in [2.75, 3.05) is 10.6 Å². The van der Waals surface area contributed by atoms with Crippen LogP contribution in [0.4, 0.5) is 28.1 Å². The molecule has 0 spiro atoms. The number of nitro groups is 1. The summed E-state index contributed by atoms with van der Waals surface area (Å²) in [4.78, 5) is 23.8. The third-order valence-electron chi connectivity index (χ3n) is 3.89. The van der Waals surface area contributed by atoms with E-state index >= 15 is 0 Å². The third kappa shape index (κ3) is 3.40. The minimum absolute atomic E-state index is 0.0881. The number of para-hydroxylation sites is 2. The zero-order chi connectivity index (χ0) is 18.8. The molecule has 2 heterocycles. The molecule has 0 unspecified atom stereocenters. The van der Waals surface area contributed by atoms with Gasteiger partial charge in [0, 0.05) is 5.69 Å². The molecule has 0 aliphatic rings. The molecule has 0 amide bonds. The number of nitrogens with zero attached hydrogens (tertiary/aromatic N) is 4. The van der Waals surface area contributed by atoms with Crippen LogP contribution in [0.1, 0.15) is 5.56 Å². The van der Waals surface area contributed by atoms with Crippen LogP contribution in [-0.4, -0.2) is 19.9 Å². The lowest BCUT2D eigenvalue weighted by molar-refractivity contribution is -0.383. The van der Waals surface area contributed by atoms with Gasteiger partial charge in [-0.2, -0.15) is 0 Å². The van der Waals surface area contributed by atoms with Gasteiger partial charge in [-0.05, 0) is 30.7 Å². The number of benzene rings is 2. The Morgan fingerprint density at radius 2 is 1.74 bits per heavy atom. The zero-order valence-electron chi connectivity index (χ0n) is 14.2. The van der Waals surface area contributed by atoms with E-state index < -0.39 is 4.92 Å². The Labute approximate surface area is 158 Å². The van der Waals surface area contributed by atoms with Crippen molar-refractivity contribution in [2.45, 2.75) is 6.92 Å². The lowest BCUT2D eigenvalue weighted by Gasteiger charge is -2.08. The number of aryl methyl sites for hydroxylation is 1. The maximum Gasteiger partial charge on any atom is 0.353 e. The second-order valence-corrected chi connectivity index (χ2v) is 6.76. The van der Waals surface area contributed by atoms with Gasteiger partial charge in [0.1, 0.15) is 6.33 Å². The number of aromatic nitrogens is 3. The van der Waals surface area contributed by atoms with E-state index in [0.29, 0.717) is 10.8 Å². The predicted octanol–water partition coefficient (Wildman–Crippen LogP) is 4.79. The third-order valence-corrected chi connectivity index (χ3v) is 4.82. The molecular formula is C18H14N6O2S. The minimum atomic E-state index is -0.508. The number of hydrogen-bond donors (Lipinski definition) is 2. The molecule has 0 saturated heterocycles. The summed E-state index contributed by atoms with van der Waals surface area (Å²) in [5.74, 6) is 0.200. The molecule has 8 nitrogen and oxygen atoms in total. The van der Waals surface area contributed by atoms with Gasteiger partial charge >= 0.3 is 5.69 Å². The fourth-order valence-electron chi connectivity index (χ4n) is 2.63. The highest BCUT2D eigenvalue weighted by atomic mass is 32.1. The zero-order valence-corrected chi connectivity index (χ0v) is 15.0. The van der Waals surface area contributed by atoms with Crippen molar-refractivity contribution in [2.24, 2.45) is 0 Å². The summed E-state index contributed by atoms with van der Waals surface area (Å²) in [5, 5.41) is 18.1. The Morgan fingerprint density at radius 1 is 1.00 bits per heavy atom. The van der Waals surface area contributed by atoms with Crippen molar-refractivity contribution >= 4 is 49.7 Å². The highest BCUT2D eigenvalue weighted by Crippen LogP contribution is 2.35. The molecule has 4 rings (SSSR count). The van der Waals surface area contributed by atoms with Crippen molar-refractivity contribution in [3.05, 3.63) is 70.5 Å². The monoisotopic (exact) mass is 378 g/mol. The van der Waals surface area contributed by atoms with Crippen molar-refractivity contribution in [1.29, 1.82) is 0 Å². The number of thiazole rings is 1.